The van der Waals surface area contributed by atoms with Crippen molar-refractivity contribution in [3.8, 4) is 17.6 Å². The number of methoxy groups -OCH3 is 1. The number of carbonyl (C=O) groups is 1. The zero-order valence-corrected chi connectivity index (χ0v) is 14.5. The van der Waals surface area contributed by atoms with Crippen molar-refractivity contribution in [2.45, 2.75) is 11.8 Å². The average Bonchev–Trinajstić information content (AvgIpc) is 2.59. The summed E-state index contributed by atoms with van der Waals surface area (Å²) in [5.74, 6) is 4.77. The Morgan fingerprint density at radius 1 is 1.20 bits per heavy atom. The summed E-state index contributed by atoms with van der Waals surface area (Å²) in [6.07, 6.45) is 0. The Labute approximate surface area is 145 Å². The normalized spacial score (nSPS) is 10.7. The van der Waals surface area contributed by atoms with Crippen LogP contribution in [-0.4, -0.2) is 27.9 Å². The topological polar surface area (TPSA) is 72.5 Å². The minimum absolute atomic E-state index is 0.0432. The van der Waals surface area contributed by atoms with Crippen molar-refractivity contribution in [1.29, 1.82) is 0 Å². The van der Waals surface area contributed by atoms with Crippen LogP contribution in [0.2, 0.25) is 0 Å². The first-order valence-electron chi connectivity index (χ1n) is 7.26. The molecule has 0 spiro atoms. The lowest BCUT2D eigenvalue weighted by atomic mass is 10.1. The molecule has 0 aliphatic heterocycles. The van der Waals surface area contributed by atoms with E-state index in [1.807, 2.05) is 0 Å². The SMILES string of the molecule is COc1ccc(F)cc1S(=O)(=O)NCC#Cc1ccc(C(C)=O)cc1. The molecule has 0 saturated heterocycles. The highest BCUT2D eigenvalue weighted by Crippen LogP contribution is 2.23. The molecule has 0 amide bonds. The molecule has 2 rings (SSSR count). The van der Waals surface area contributed by atoms with Crippen LogP contribution in [0.15, 0.2) is 47.4 Å². The van der Waals surface area contributed by atoms with Gasteiger partial charge in [0.2, 0.25) is 10.0 Å². The van der Waals surface area contributed by atoms with Crippen LogP contribution in [0.5, 0.6) is 5.75 Å². The summed E-state index contributed by atoms with van der Waals surface area (Å²) in [5.41, 5.74) is 1.22. The first kappa shape index (κ1) is 18.6. The van der Waals surface area contributed by atoms with Crippen molar-refractivity contribution in [3.63, 3.8) is 0 Å². The summed E-state index contributed by atoms with van der Waals surface area (Å²) < 4.78 is 45.0. The van der Waals surface area contributed by atoms with Gasteiger partial charge in [0.15, 0.2) is 5.78 Å². The zero-order chi connectivity index (χ0) is 18.4. The van der Waals surface area contributed by atoms with Crippen LogP contribution >= 0.6 is 0 Å². The van der Waals surface area contributed by atoms with Crippen LogP contribution < -0.4 is 9.46 Å². The van der Waals surface area contributed by atoms with Crippen LogP contribution in [0.1, 0.15) is 22.8 Å². The molecule has 0 aliphatic carbocycles. The van der Waals surface area contributed by atoms with Gasteiger partial charge in [-0.05, 0) is 37.3 Å². The van der Waals surface area contributed by atoms with Gasteiger partial charge in [0.1, 0.15) is 16.5 Å². The molecule has 0 aliphatic rings. The number of carbonyl (C=O) groups excluding carboxylic acids is 1. The van der Waals surface area contributed by atoms with Crippen LogP contribution in [-0.2, 0) is 10.0 Å². The number of sulfonamides is 1. The van der Waals surface area contributed by atoms with E-state index in [4.69, 9.17) is 4.74 Å². The highest BCUT2D eigenvalue weighted by atomic mass is 32.2. The number of Topliss-reactive ketones (excluding diaryl/α,β-unsaturated/α-hetero) is 1. The van der Waals surface area contributed by atoms with Crippen LogP contribution in [0.3, 0.4) is 0 Å². The third-order valence-electron chi connectivity index (χ3n) is 3.29. The predicted octanol–water partition coefficient (Wildman–Crippen LogP) is 2.37. The Morgan fingerprint density at radius 2 is 1.88 bits per heavy atom. The van der Waals surface area contributed by atoms with Gasteiger partial charge in [0.25, 0.3) is 0 Å². The average molecular weight is 361 g/mol. The molecule has 0 unspecified atom stereocenters. The molecule has 5 nitrogen and oxygen atoms in total. The lowest BCUT2D eigenvalue weighted by Crippen LogP contribution is -2.24. The highest BCUT2D eigenvalue weighted by Gasteiger charge is 2.19. The third kappa shape index (κ3) is 4.89. The predicted molar refractivity (Wildman–Crippen MR) is 91.5 cm³/mol. The molecule has 2 aromatic carbocycles. The van der Waals surface area contributed by atoms with E-state index in [1.54, 1.807) is 24.3 Å². The summed E-state index contributed by atoms with van der Waals surface area (Å²) in [5, 5.41) is 0. The lowest BCUT2D eigenvalue weighted by Gasteiger charge is -2.09. The fourth-order valence-electron chi connectivity index (χ4n) is 2.00. The maximum atomic E-state index is 13.3. The largest absolute Gasteiger partial charge is 0.495 e. The van der Waals surface area contributed by atoms with E-state index in [-0.39, 0.29) is 23.0 Å². The van der Waals surface area contributed by atoms with Gasteiger partial charge in [-0.15, -0.1) is 0 Å². The van der Waals surface area contributed by atoms with E-state index in [2.05, 4.69) is 16.6 Å². The first-order chi connectivity index (χ1) is 11.8. The number of rotatable bonds is 5. The highest BCUT2D eigenvalue weighted by molar-refractivity contribution is 7.89. The zero-order valence-electron chi connectivity index (χ0n) is 13.7. The Bertz CT molecular complexity index is 941. The molecular weight excluding hydrogens is 345 g/mol. The van der Waals surface area contributed by atoms with E-state index in [0.29, 0.717) is 11.1 Å². The van der Waals surface area contributed by atoms with E-state index in [0.717, 1.165) is 12.1 Å². The van der Waals surface area contributed by atoms with E-state index < -0.39 is 15.8 Å². The Kier molecular flexibility index (Phi) is 5.91. The molecule has 7 heteroatoms. The first-order valence-corrected chi connectivity index (χ1v) is 8.75. The van der Waals surface area contributed by atoms with Crippen LogP contribution in [0.25, 0.3) is 0 Å². The Balaban J connectivity index is 2.09. The van der Waals surface area contributed by atoms with Crippen LogP contribution in [0, 0.1) is 17.7 Å². The second-order valence-electron chi connectivity index (χ2n) is 5.06. The van der Waals surface area contributed by atoms with Gasteiger partial charge < -0.3 is 4.74 Å². The van der Waals surface area contributed by atoms with E-state index in [1.165, 1.54) is 20.1 Å². The number of hydrogen-bond donors (Lipinski definition) is 1. The molecule has 0 bridgehead atoms. The second-order valence-corrected chi connectivity index (χ2v) is 6.79. The molecule has 1 N–H and O–H groups in total. The molecule has 0 aromatic heterocycles. The fraction of sp³-hybridized carbons (Fsp3) is 0.167. The smallest absolute Gasteiger partial charge is 0.245 e. The summed E-state index contributed by atoms with van der Waals surface area (Å²) in [7, 11) is -2.66. The molecule has 130 valence electrons. The maximum Gasteiger partial charge on any atom is 0.245 e. The molecular formula is C18H16FNO4S. The molecule has 0 heterocycles. The molecule has 2 aromatic rings. The van der Waals surface area contributed by atoms with Crippen molar-refractivity contribution >= 4 is 15.8 Å². The van der Waals surface area contributed by atoms with Gasteiger partial charge >= 0.3 is 0 Å². The summed E-state index contributed by atoms with van der Waals surface area (Å²) in [6.45, 7) is 1.31. The Morgan fingerprint density at radius 3 is 2.48 bits per heavy atom. The number of ketones is 1. The lowest BCUT2D eigenvalue weighted by molar-refractivity contribution is 0.101. The van der Waals surface area contributed by atoms with Gasteiger partial charge in [-0.25, -0.2) is 12.8 Å². The molecule has 0 fully saturated rings. The van der Waals surface area contributed by atoms with Crippen molar-refractivity contribution in [2.75, 3.05) is 13.7 Å². The number of benzene rings is 2. The van der Waals surface area contributed by atoms with Crippen molar-refractivity contribution in [3.05, 3.63) is 59.4 Å². The van der Waals surface area contributed by atoms with Crippen LogP contribution in [0.4, 0.5) is 4.39 Å². The van der Waals surface area contributed by atoms with E-state index >= 15 is 0 Å². The minimum Gasteiger partial charge on any atom is -0.495 e. The number of nitrogens with one attached hydrogen (secondary N) is 1. The molecule has 25 heavy (non-hydrogen) atoms. The van der Waals surface area contributed by atoms with E-state index in [9.17, 15) is 17.6 Å². The van der Waals surface area contributed by atoms with Gasteiger partial charge in [0.05, 0.1) is 13.7 Å². The van der Waals surface area contributed by atoms with Crippen molar-refractivity contribution in [2.24, 2.45) is 0 Å². The maximum absolute atomic E-state index is 13.3. The number of hydrogen-bond acceptors (Lipinski definition) is 4. The summed E-state index contributed by atoms with van der Waals surface area (Å²) >= 11 is 0. The van der Waals surface area contributed by atoms with Crippen molar-refractivity contribution < 1.29 is 22.3 Å². The third-order valence-corrected chi connectivity index (χ3v) is 4.71. The number of ether oxygens (including phenoxy) is 1. The summed E-state index contributed by atoms with van der Waals surface area (Å²) in [4.78, 5) is 10.9. The Hall–Kier alpha value is -2.69. The molecule has 0 atom stereocenters. The quantitative estimate of drug-likeness (QED) is 0.656. The summed E-state index contributed by atoms with van der Waals surface area (Å²) in [6, 6.07) is 9.88. The monoisotopic (exact) mass is 361 g/mol. The number of halogens is 1. The van der Waals surface area contributed by atoms with Crippen molar-refractivity contribution in [1.82, 2.24) is 4.72 Å². The molecule has 0 saturated carbocycles. The fourth-order valence-corrected chi connectivity index (χ4v) is 3.11. The van der Waals surface area contributed by atoms with Gasteiger partial charge in [-0.3, -0.25) is 4.79 Å². The van der Waals surface area contributed by atoms with Gasteiger partial charge in [0, 0.05) is 11.1 Å². The second kappa shape index (κ2) is 7.92. The van der Waals surface area contributed by atoms with Gasteiger partial charge in [-0.1, -0.05) is 24.0 Å². The molecule has 0 radical (unpaired) electrons. The standard InChI is InChI=1S/C18H16FNO4S/c1-13(21)15-7-5-14(6-8-15)4-3-11-20-25(22,23)18-12-16(19)9-10-17(18)24-2/h5-10,12,20H,11H2,1-2H3. The minimum atomic E-state index is -3.96. The van der Waals surface area contributed by atoms with Gasteiger partial charge in [-0.2, -0.15) is 4.72 Å².